The smallest absolute Gasteiger partial charge is 0.244 e. The molecule has 1 aromatic carbocycles. The maximum Gasteiger partial charge on any atom is 0.244 e. The second-order valence-electron chi connectivity index (χ2n) is 4.45. The lowest BCUT2D eigenvalue weighted by atomic mass is 10.0. The van der Waals surface area contributed by atoms with Crippen LogP contribution in [0.25, 0.3) is 0 Å². The summed E-state index contributed by atoms with van der Waals surface area (Å²) in [6.07, 6.45) is 0. The second-order valence-corrected chi connectivity index (χ2v) is 5.37. The fourth-order valence-electron chi connectivity index (χ4n) is 1.58. The molecule has 0 saturated carbocycles. The number of ether oxygens (including phenoxy) is 1. The van der Waals surface area contributed by atoms with E-state index < -0.39 is 5.54 Å². The maximum atomic E-state index is 12.2. The van der Waals surface area contributed by atoms with E-state index in [1.807, 2.05) is 32.9 Å². The molecule has 0 saturated heterocycles. The van der Waals surface area contributed by atoms with Gasteiger partial charge in [0.2, 0.25) is 5.91 Å². The summed E-state index contributed by atoms with van der Waals surface area (Å²) in [6.45, 7) is 6.39. The van der Waals surface area contributed by atoms with Crippen LogP contribution in [-0.4, -0.2) is 25.1 Å². The zero-order chi connectivity index (χ0) is 13.8. The maximum absolute atomic E-state index is 12.2. The molecule has 0 radical (unpaired) electrons. The third-order valence-corrected chi connectivity index (χ3v) is 3.09. The predicted octanol–water partition coefficient (Wildman–Crippen LogP) is 2.78. The summed E-state index contributed by atoms with van der Waals surface area (Å²) >= 11 is 3.37. The first-order chi connectivity index (χ1) is 8.40. The Bertz CT molecular complexity index is 433. The molecule has 1 aromatic rings. The topological polar surface area (TPSA) is 50.4 Å². The van der Waals surface area contributed by atoms with Gasteiger partial charge in [-0.1, -0.05) is 22.9 Å². The Morgan fingerprint density at radius 3 is 2.67 bits per heavy atom. The van der Waals surface area contributed by atoms with Gasteiger partial charge in [-0.05, 0) is 38.6 Å². The molecule has 0 aliphatic rings. The van der Waals surface area contributed by atoms with E-state index in [9.17, 15) is 4.79 Å². The van der Waals surface area contributed by atoms with Gasteiger partial charge in [-0.25, -0.2) is 0 Å². The van der Waals surface area contributed by atoms with E-state index in [0.717, 1.165) is 11.0 Å². The number of hydrogen-bond donors (Lipinski definition) is 2. The van der Waals surface area contributed by atoms with Gasteiger partial charge in [-0.3, -0.25) is 4.79 Å². The fraction of sp³-hybridized carbons (Fsp3) is 0.462. The monoisotopic (exact) mass is 314 g/mol. The van der Waals surface area contributed by atoms with E-state index in [4.69, 9.17) is 4.74 Å². The van der Waals surface area contributed by atoms with Crippen LogP contribution in [0.2, 0.25) is 0 Å². The average Bonchev–Trinajstić information content (AvgIpc) is 2.29. The van der Waals surface area contributed by atoms with E-state index in [2.05, 4.69) is 26.6 Å². The van der Waals surface area contributed by atoms with Crippen molar-refractivity contribution in [3.8, 4) is 5.75 Å². The minimum Gasteiger partial charge on any atom is -0.495 e. The molecule has 0 aliphatic carbocycles. The number of amides is 1. The van der Waals surface area contributed by atoms with Gasteiger partial charge < -0.3 is 15.4 Å². The summed E-state index contributed by atoms with van der Waals surface area (Å²) in [6, 6.07) is 5.49. The van der Waals surface area contributed by atoms with Crippen LogP contribution in [-0.2, 0) is 4.79 Å². The van der Waals surface area contributed by atoms with Gasteiger partial charge in [0.15, 0.2) is 0 Å². The summed E-state index contributed by atoms with van der Waals surface area (Å²) in [5.74, 6) is 0.541. The highest BCUT2D eigenvalue weighted by molar-refractivity contribution is 9.10. The molecule has 100 valence electrons. The van der Waals surface area contributed by atoms with Crippen LogP contribution in [0.15, 0.2) is 22.7 Å². The summed E-state index contributed by atoms with van der Waals surface area (Å²) in [7, 11) is 1.58. The van der Waals surface area contributed by atoms with Crippen LogP contribution in [0.5, 0.6) is 5.75 Å². The van der Waals surface area contributed by atoms with Gasteiger partial charge in [0, 0.05) is 4.47 Å². The SMILES string of the molecule is CCNC(C)(C)C(=O)Nc1cc(Br)ccc1OC. The third-order valence-electron chi connectivity index (χ3n) is 2.60. The van der Waals surface area contributed by atoms with Gasteiger partial charge in [0.1, 0.15) is 5.75 Å². The molecule has 0 unspecified atom stereocenters. The van der Waals surface area contributed by atoms with Gasteiger partial charge in [-0.2, -0.15) is 0 Å². The molecule has 0 fully saturated rings. The number of anilines is 1. The molecular weight excluding hydrogens is 296 g/mol. The first-order valence-electron chi connectivity index (χ1n) is 5.80. The molecule has 0 heterocycles. The number of nitrogens with one attached hydrogen (secondary N) is 2. The Labute approximate surface area is 116 Å². The standard InChI is InChI=1S/C13H19BrN2O2/c1-5-15-13(2,3)12(17)16-10-8-9(14)6-7-11(10)18-4/h6-8,15H,5H2,1-4H3,(H,16,17). The molecule has 0 bridgehead atoms. The first kappa shape index (κ1) is 15.0. The summed E-state index contributed by atoms with van der Waals surface area (Å²) in [5.41, 5.74) is 0.0325. The molecular formula is C13H19BrN2O2. The van der Waals surface area contributed by atoms with E-state index in [0.29, 0.717) is 11.4 Å². The highest BCUT2D eigenvalue weighted by atomic mass is 79.9. The number of benzene rings is 1. The van der Waals surface area contributed by atoms with E-state index in [1.54, 1.807) is 13.2 Å². The molecule has 0 spiro atoms. The Hall–Kier alpha value is -1.07. The highest BCUT2D eigenvalue weighted by Gasteiger charge is 2.26. The molecule has 18 heavy (non-hydrogen) atoms. The van der Waals surface area contributed by atoms with Gasteiger partial charge in [-0.15, -0.1) is 0 Å². The molecule has 4 nitrogen and oxygen atoms in total. The van der Waals surface area contributed by atoms with Gasteiger partial charge in [0.25, 0.3) is 0 Å². The quantitative estimate of drug-likeness (QED) is 0.878. The Kier molecular flexibility index (Phi) is 5.16. The molecule has 5 heteroatoms. The van der Waals surface area contributed by atoms with Crippen molar-refractivity contribution >= 4 is 27.5 Å². The van der Waals surface area contributed by atoms with E-state index in [-0.39, 0.29) is 5.91 Å². The zero-order valence-corrected chi connectivity index (χ0v) is 12.7. The van der Waals surface area contributed by atoms with Crippen molar-refractivity contribution < 1.29 is 9.53 Å². The number of rotatable bonds is 5. The molecule has 1 rings (SSSR count). The lowest BCUT2D eigenvalue weighted by molar-refractivity contribution is -0.121. The Morgan fingerprint density at radius 2 is 2.11 bits per heavy atom. The van der Waals surface area contributed by atoms with Crippen molar-refractivity contribution in [2.75, 3.05) is 19.0 Å². The first-order valence-corrected chi connectivity index (χ1v) is 6.60. The predicted molar refractivity (Wildman–Crippen MR) is 77.1 cm³/mol. The van der Waals surface area contributed by atoms with Crippen molar-refractivity contribution in [2.45, 2.75) is 26.3 Å². The van der Waals surface area contributed by atoms with Crippen LogP contribution in [0.3, 0.4) is 0 Å². The molecule has 2 N–H and O–H groups in total. The normalized spacial score (nSPS) is 11.2. The Balaban J connectivity index is 2.90. The number of methoxy groups -OCH3 is 1. The number of hydrogen-bond acceptors (Lipinski definition) is 3. The average molecular weight is 315 g/mol. The minimum absolute atomic E-state index is 0.0965. The number of carbonyl (C=O) groups is 1. The highest BCUT2D eigenvalue weighted by Crippen LogP contribution is 2.28. The van der Waals surface area contributed by atoms with Crippen LogP contribution < -0.4 is 15.4 Å². The van der Waals surface area contributed by atoms with Crippen LogP contribution in [0, 0.1) is 0 Å². The van der Waals surface area contributed by atoms with Crippen molar-refractivity contribution in [2.24, 2.45) is 0 Å². The van der Waals surface area contributed by atoms with Crippen molar-refractivity contribution in [3.63, 3.8) is 0 Å². The van der Waals surface area contributed by atoms with Crippen LogP contribution >= 0.6 is 15.9 Å². The van der Waals surface area contributed by atoms with E-state index in [1.165, 1.54) is 0 Å². The second kappa shape index (κ2) is 6.20. The minimum atomic E-state index is -0.623. The number of likely N-dealkylation sites (N-methyl/N-ethyl adjacent to an activating group) is 1. The molecule has 0 aromatic heterocycles. The number of halogens is 1. The van der Waals surface area contributed by atoms with Crippen LogP contribution in [0.4, 0.5) is 5.69 Å². The van der Waals surface area contributed by atoms with Crippen molar-refractivity contribution in [1.82, 2.24) is 5.32 Å². The fourth-order valence-corrected chi connectivity index (χ4v) is 1.94. The lowest BCUT2D eigenvalue weighted by Crippen LogP contribution is -2.49. The largest absolute Gasteiger partial charge is 0.495 e. The summed E-state index contributed by atoms with van der Waals surface area (Å²) < 4.78 is 6.11. The van der Waals surface area contributed by atoms with Crippen molar-refractivity contribution in [3.05, 3.63) is 22.7 Å². The van der Waals surface area contributed by atoms with Crippen LogP contribution in [0.1, 0.15) is 20.8 Å². The van der Waals surface area contributed by atoms with Crippen molar-refractivity contribution in [1.29, 1.82) is 0 Å². The van der Waals surface area contributed by atoms with E-state index >= 15 is 0 Å². The molecule has 0 aliphatic heterocycles. The number of carbonyl (C=O) groups excluding carboxylic acids is 1. The summed E-state index contributed by atoms with van der Waals surface area (Å²) in [4.78, 5) is 12.2. The molecule has 1 amide bonds. The third kappa shape index (κ3) is 3.71. The molecule has 0 atom stereocenters. The van der Waals surface area contributed by atoms with Gasteiger partial charge >= 0.3 is 0 Å². The Morgan fingerprint density at radius 1 is 1.44 bits per heavy atom. The summed E-state index contributed by atoms with van der Waals surface area (Å²) in [5, 5.41) is 6.00. The zero-order valence-electron chi connectivity index (χ0n) is 11.1. The lowest BCUT2D eigenvalue weighted by Gasteiger charge is -2.25. The van der Waals surface area contributed by atoms with Gasteiger partial charge in [0.05, 0.1) is 18.3 Å².